The monoisotopic (exact) mass is 266 g/mol. The number of carbonyl (C=O) groups excluding carboxylic acids is 2. The number of nitrogens with one attached hydrogen (secondary N) is 1. The van der Waals surface area contributed by atoms with Gasteiger partial charge in [0.25, 0.3) is 0 Å². The van der Waals surface area contributed by atoms with E-state index in [0.29, 0.717) is 25.4 Å². The van der Waals surface area contributed by atoms with Gasteiger partial charge in [0.05, 0.1) is 5.92 Å². The van der Waals surface area contributed by atoms with Gasteiger partial charge >= 0.3 is 5.97 Å². The van der Waals surface area contributed by atoms with Gasteiger partial charge in [0.2, 0.25) is 11.8 Å². The van der Waals surface area contributed by atoms with E-state index < -0.39 is 11.5 Å². The molecule has 2 amide bonds. The molecule has 2 saturated carbocycles. The third-order valence-corrected chi connectivity index (χ3v) is 4.50. The summed E-state index contributed by atoms with van der Waals surface area (Å²) >= 11 is 0. The molecule has 3 fully saturated rings. The Hall–Kier alpha value is -1.59. The van der Waals surface area contributed by atoms with Crippen molar-refractivity contribution in [3.63, 3.8) is 0 Å². The minimum absolute atomic E-state index is 0.0284. The smallest absolute Gasteiger partial charge is 0.329 e. The summed E-state index contributed by atoms with van der Waals surface area (Å²) < 4.78 is 0. The highest BCUT2D eigenvalue weighted by Gasteiger charge is 2.48. The Morgan fingerprint density at radius 2 is 2.00 bits per heavy atom. The number of rotatable bonds is 4. The largest absolute Gasteiger partial charge is 0.480 e. The first-order valence-electron chi connectivity index (χ1n) is 6.87. The number of likely N-dealkylation sites (tertiary alicyclic amines) is 1. The van der Waals surface area contributed by atoms with Gasteiger partial charge in [-0.25, -0.2) is 4.79 Å². The van der Waals surface area contributed by atoms with E-state index in [9.17, 15) is 19.5 Å². The molecular formula is C13H18N2O4. The van der Waals surface area contributed by atoms with E-state index in [4.69, 9.17) is 0 Å². The van der Waals surface area contributed by atoms with Crippen molar-refractivity contribution in [2.45, 2.75) is 50.1 Å². The summed E-state index contributed by atoms with van der Waals surface area (Å²) in [6.07, 6.45) is 4.07. The Balaban J connectivity index is 1.62. The highest BCUT2D eigenvalue weighted by Crippen LogP contribution is 2.35. The summed E-state index contributed by atoms with van der Waals surface area (Å²) in [4.78, 5) is 36.9. The van der Waals surface area contributed by atoms with Gasteiger partial charge in [0, 0.05) is 19.0 Å². The van der Waals surface area contributed by atoms with Crippen molar-refractivity contribution in [1.82, 2.24) is 10.2 Å². The Labute approximate surface area is 111 Å². The molecule has 6 heteroatoms. The topological polar surface area (TPSA) is 86.7 Å². The number of carboxylic acids is 1. The molecule has 0 radical (unpaired) electrons. The highest BCUT2D eigenvalue weighted by atomic mass is 16.4. The predicted molar refractivity (Wildman–Crippen MR) is 65.2 cm³/mol. The molecule has 2 aliphatic carbocycles. The Morgan fingerprint density at radius 3 is 2.47 bits per heavy atom. The normalized spacial score (nSPS) is 28.9. The minimum atomic E-state index is -1.08. The second kappa shape index (κ2) is 4.21. The van der Waals surface area contributed by atoms with Crippen LogP contribution in [0.15, 0.2) is 0 Å². The average Bonchev–Trinajstić information content (AvgIpc) is 3.06. The number of aliphatic carboxylic acids is 1. The van der Waals surface area contributed by atoms with E-state index in [1.165, 1.54) is 0 Å². The molecule has 1 saturated heterocycles. The van der Waals surface area contributed by atoms with Crippen LogP contribution in [0.1, 0.15) is 38.5 Å². The van der Waals surface area contributed by atoms with Crippen LogP contribution < -0.4 is 5.32 Å². The van der Waals surface area contributed by atoms with E-state index in [-0.39, 0.29) is 24.2 Å². The lowest BCUT2D eigenvalue weighted by Crippen LogP contribution is -2.60. The Kier molecular flexibility index (Phi) is 2.76. The van der Waals surface area contributed by atoms with Crippen LogP contribution in [0.5, 0.6) is 0 Å². The fourth-order valence-corrected chi connectivity index (χ4v) is 2.91. The molecule has 0 bridgehead atoms. The minimum Gasteiger partial charge on any atom is -0.480 e. The number of hydrogen-bond acceptors (Lipinski definition) is 3. The molecule has 1 aliphatic heterocycles. The zero-order chi connectivity index (χ0) is 13.6. The highest BCUT2D eigenvalue weighted by molar-refractivity contribution is 5.93. The van der Waals surface area contributed by atoms with E-state index in [1.54, 1.807) is 4.90 Å². The van der Waals surface area contributed by atoms with E-state index in [1.807, 2.05) is 0 Å². The quantitative estimate of drug-likeness (QED) is 0.756. The van der Waals surface area contributed by atoms with Gasteiger partial charge in [0.1, 0.15) is 5.54 Å². The van der Waals surface area contributed by atoms with Crippen molar-refractivity contribution < 1.29 is 19.5 Å². The third-order valence-electron chi connectivity index (χ3n) is 4.50. The second-order valence-electron chi connectivity index (χ2n) is 5.91. The molecule has 1 heterocycles. The van der Waals surface area contributed by atoms with E-state index in [0.717, 1.165) is 19.3 Å². The lowest BCUT2D eigenvalue weighted by Gasteiger charge is -2.38. The van der Waals surface area contributed by atoms with Crippen LogP contribution >= 0.6 is 0 Å². The maximum atomic E-state index is 12.1. The molecule has 3 aliphatic rings. The summed E-state index contributed by atoms with van der Waals surface area (Å²) in [5, 5.41) is 11.8. The maximum absolute atomic E-state index is 12.1. The molecule has 1 atom stereocenters. The first-order valence-corrected chi connectivity index (χ1v) is 6.87. The summed E-state index contributed by atoms with van der Waals surface area (Å²) in [6.45, 7) is 0.449. The van der Waals surface area contributed by atoms with Gasteiger partial charge < -0.3 is 15.3 Å². The average molecular weight is 266 g/mol. The van der Waals surface area contributed by atoms with Gasteiger partial charge in [0.15, 0.2) is 0 Å². The molecule has 3 rings (SSSR count). The Bertz CT molecular complexity index is 440. The predicted octanol–water partition coefficient (Wildman–Crippen LogP) is 0.121. The van der Waals surface area contributed by atoms with Gasteiger partial charge in [-0.2, -0.15) is 0 Å². The number of hydrogen-bond donors (Lipinski definition) is 2. The van der Waals surface area contributed by atoms with Gasteiger partial charge in [-0.15, -0.1) is 0 Å². The van der Waals surface area contributed by atoms with Crippen molar-refractivity contribution in [1.29, 1.82) is 0 Å². The van der Waals surface area contributed by atoms with Crippen LogP contribution in [0, 0.1) is 5.92 Å². The van der Waals surface area contributed by atoms with Gasteiger partial charge in [-0.3, -0.25) is 9.59 Å². The molecule has 2 N–H and O–H groups in total. The SMILES string of the molecule is O=C(NC1(C(=O)O)CCC1)C1CC(=O)N(C2CC2)C1. The Morgan fingerprint density at radius 1 is 1.32 bits per heavy atom. The fraction of sp³-hybridized carbons (Fsp3) is 0.769. The summed E-state index contributed by atoms with van der Waals surface area (Å²) in [5.74, 6) is -1.60. The summed E-state index contributed by atoms with van der Waals surface area (Å²) in [5.41, 5.74) is -1.08. The van der Waals surface area contributed by atoms with Crippen LogP contribution in [-0.2, 0) is 14.4 Å². The lowest BCUT2D eigenvalue weighted by atomic mass is 9.76. The van der Waals surface area contributed by atoms with Crippen LogP contribution in [0.2, 0.25) is 0 Å². The van der Waals surface area contributed by atoms with Crippen molar-refractivity contribution in [3.8, 4) is 0 Å². The fourth-order valence-electron chi connectivity index (χ4n) is 2.91. The number of amides is 2. The van der Waals surface area contributed by atoms with E-state index in [2.05, 4.69) is 5.32 Å². The number of nitrogens with zero attached hydrogens (tertiary/aromatic N) is 1. The van der Waals surface area contributed by atoms with E-state index >= 15 is 0 Å². The third kappa shape index (κ3) is 2.09. The zero-order valence-electron chi connectivity index (χ0n) is 10.7. The molecular weight excluding hydrogens is 248 g/mol. The molecule has 6 nitrogen and oxygen atoms in total. The van der Waals surface area contributed by atoms with Crippen LogP contribution in [0.25, 0.3) is 0 Å². The lowest BCUT2D eigenvalue weighted by molar-refractivity contribution is -0.152. The maximum Gasteiger partial charge on any atom is 0.329 e. The molecule has 0 aromatic heterocycles. The molecule has 0 aromatic rings. The number of carbonyl (C=O) groups is 3. The molecule has 0 spiro atoms. The van der Waals surface area contributed by atoms with Crippen molar-refractivity contribution in [2.24, 2.45) is 5.92 Å². The second-order valence-corrected chi connectivity index (χ2v) is 5.91. The standard InChI is InChI=1S/C13H18N2O4/c16-10-6-8(7-15(10)9-2-3-9)11(17)14-13(12(18)19)4-1-5-13/h8-9H,1-7H2,(H,14,17)(H,18,19). The van der Waals surface area contributed by atoms with Crippen LogP contribution in [0.4, 0.5) is 0 Å². The van der Waals surface area contributed by atoms with Crippen LogP contribution in [0.3, 0.4) is 0 Å². The summed E-state index contributed by atoms with van der Waals surface area (Å²) in [6, 6.07) is 0.322. The molecule has 1 unspecified atom stereocenters. The van der Waals surface area contributed by atoms with Gasteiger partial charge in [-0.1, -0.05) is 0 Å². The molecule has 0 aromatic carbocycles. The first-order chi connectivity index (χ1) is 9.02. The summed E-state index contributed by atoms with van der Waals surface area (Å²) in [7, 11) is 0. The first kappa shape index (κ1) is 12.4. The number of carboxylic acid groups (broad SMARTS) is 1. The van der Waals surface area contributed by atoms with Crippen molar-refractivity contribution in [2.75, 3.05) is 6.54 Å². The van der Waals surface area contributed by atoms with Gasteiger partial charge in [-0.05, 0) is 32.1 Å². The molecule has 104 valence electrons. The van der Waals surface area contributed by atoms with Crippen molar-refractivity contribution in [3.05, 3.63) is 0 Å². The zero-order valence-corrected chi connectivity index (χ0v) is 10.7. The molecule has 19 heavy (non-hydrogen) atoms. The van der Waals surface area contributed by atoms with Crippen LogP contribution in [-0.4, -0.2) is 45.9 Å². The van der Waals surface area contributed by atoms with Crippen molar-refractivity contribution >= 4 is 17.8 Å².